The number of methoxy groups -OCH3 is 1. The number of rotatable bonds is 9. The Labute approximate surface area is 131 Å². The SMILES string of the molecule is CN=C(NCCOCCOC)NCc1nc(C(C)C)cs1. The molecule has 2 N–H and O–H groups in total. The number of hydrogen-bond donors (Lipinski definition) is 2. The molecule has 0 atom stereocenters. The highest BCUT2D eigenvalue weighted by atomic mass is 32.1. The Balaban J connectivity index is 2.21. The lowest BCUT2D eigenvalue weighted by Gasteiger charge is -2.11. The van der Waals surface area contributed by atoms with Crippen molar-refractivity contribution in [1.29, 1.82) is 0 Å². The van der Waals surface area contributed by atoms with Gasteiger partial charge < -0.3 is 20.1 Å². The molecule has 0 amide bonds. The third-order valence-corrected chi connectivity index (χ3v) is 3.63. The van der Waals surface area contributed by atoms with Gasteiger partial charge in [0.25, 0.3) is 0 Å². The van der Waals surface area contributed by atoms with Crippen LogP contribution in [0, 0.1) is 0 Å². The van der Waals surface area contributed by atoms with Gasteiger partial charge in [0.2, 0.25) is 0 Å². The van der Waals surface area contributed by atoms with Crippen LogP contribution in [-0.4, -0.2) is 51.5 Å². The van der Waals surface area contributed by atoms with E-state index in [0.717, 1.165) is 16.7 Å². The Kier molecular flexibility index (Phi) is 8.96. The minimum Gasteiger partial charge on any atom is -0.382 e. The molecule has 1 aromatic heterocycles. The largest absolute Gasteiger partial charge is 0.382 e. The molecule has 0 aromatic carbocycles. The minimum atomic E-state index is 0.469. The van der Waals surface area contributed by atoms with Gasteiger partial charge in [-0.1, -0.05) is 13.8 Å². The summed E-state index contributed by atoms with van der Waals surface area (Å²) in [5.74, 6) is 1.23. The lowest BCUT2D eigenvalue weighted by molar-refractivity contribution is 0.0733. The Bertz CT molecular complexity index is 421. The summed E-state index contributed by atoms with van der Waals surface area (Å²) in [7, 11) is 3.42. The topological polar surface area (TPSA) is 67.8 Å². The summed E-state index contributed by atoms with van der Waals surface area (Å²) in [6.45, 7) is 7.54. The number of guanidine groups is 1. The van der Waals surface area contributed by atoms with Crippen LogP contribution in [0.3, 0.4) is 0 Å². The Hall–Kier alpha value is -1.18. The van der Waals surface area contributed by atoms with Gasteiger partial charge in [0.15, 0.2) is 5.96 Å². The molecule has 120 valence electrons. The van der Waals surface area contributed by atoms with Gasteiger partial charge in [-0.05, 0) is 5.92 Å². The van der Waals surface area contributed by atoms with Gasteiger partial charge >= 0.3 is 0 Å². The van der Waals surface area contributed by atoms with Gasteiger partial charge in [0, 0.05) is 26.1 Å². The zero-order chi connectivity index (χ0) is 15.5. The van der Waals surface area contributed by atoms with Crippen molar-refractivity contribution in [3.63, 3.8) is 0 Å². The number of hydrogen-bond acceptors (Lipinski definition) is 5. The number of nitrogens with zero attached hydrogens (tertiary/aromatic N) is 2. The molecule has 1 rings (SSSR count). The Morgan fingerprint density at radius 2 is 2.14 bits per heavy atom. The molecule has 0 aliphatic heterocycles. The van der Waals surface area contributed by atoms with E-state index in [2.05, 4.69) is 39.8 Å². The summed E-state index contributed by atoms with van der Waals surface area (Å²) >= 11 is 1.67. The van der Waals surface area contributed by atoms with Crippen molar-refractivity contribution in [1.82, 2.24) is 15.6 Å². The molecule has 1 heterocycles. The monoisotopic (exact) mass is 314 g/mol. The van der Waals surface area contributed by atoms with E-state index in [1.165, 1.54) is 0 Å². The zero-order valence-corrected chi connectivity index (χ0v) is 14.1. The van der Waals surface area contributed by atoms with E-state index >= 15 is 0 Å². The number of aromatic nitrogens is 1. The van der Waals surface area contributed by atoms with Crippen molar-refractivity contribution in [2.75, 3.05) is 40.5 Å². The average Bonchev–Trinajstić information content (AvgIpc) is 2.95. The highest BCUT2D eigenvalue weighted by Gasteiger charge is 2.06. The Morgan fingerprint density at radius 3 is 2.76 bits per heavy atom. The average molecular weight is 314 g/mol. The molecule has 0 fully saturated rings. The molecule has 0 bridgehead atoms. The second-order valence-electron chi connectivity index (χ2n) is 4.78. The molecule has 0 unspecified atom stereocenters. The van der Waals surface area contributed by atoms with Crippen molar-refractivity contribution >= 4 is 17.3 Å². The second-order valence-corrected chi connectivity index (χ2v) is 5.72. The van der Waals surface area contributed by atoms with E-state index < -0.39 is 0 Å². The third kappa shape index (κ3) is 7.40. The summed E-state index contributed by atoms with van der Waals surface area (Å²) in [4.78, 5) is 8.75. The van der Waals surface area contributed by atoms with Crippen LogP contribution in [-0.2, 0) is 16.0 Å². The van der Waals surface area contributed by atoms with E-state index in [9.17, 15) is 0 Å². The maximum atomic E-state index is 5.38. The smallest absolute Gasteiger partial charge is 0.191 e. The first kappa shape index (κ1) is 17.9. The van der Waals surface area contributed by atoms with Crippen LogP contribution >= 0.6 is 11.3 Å². The van der Waals surface area contributed by atoms with E-state index in [1.54, 1.807) is 25.5 Å². The summed E-state index contributed by atoms with van der Waals surface area (Å²) < 4.78 is 10.3. The maximum Gasteiger partial charge on any atom is 0.191 e. The van der Waals surface area contributed by atoms with Crippen LogP contribution in [0.15, 0.2) is 10.4 Å². The molecule has 21 heavy (non-hydrogen) atoms. The molecular weight excluding hydrogens is 288 g/mol. The van der Waals surface area contributed by atoms with Crippen molar-refractivity contribution in [2.24, 2.45) is 4.99 Å². The van der Waals surface area contributed by atoms with Gasteiger partial charge in [-0.2, -0.15) is 0 Å². The van der Waals surface area contributed by atoms with Gasteiger partial charge in [0.05, 0.1) is 32.1 Å². The number of nitrogens with one attached hydrogen (secondary N) is 2. The summed E-state index contributed by atoms with van der Waals surface area (Å²) in [6.07, 6.45) is 0. The molecule has 1 aromatic rings. The molecule has 0 aliphatic rings. The minimum absolute atomic E-state index is 0.469. The van der Waals surface area contributed by atoms with Crippen LogP contribution in [0.5, 0.6) is 0 Å². The number of ether oxygens (including phenoxy) is 2. The van der Waals surface area contributed by atoms with E-state index in [4.69, 9.17) is 9.47 Å². The lowest BCUT2D eigenvalue weighted by atomic mass is 10.2. The highest BCUT2D eigenvalue weighted by Crippen LogP contribution is 2.17. The molecular formula is C14H26N4O2S. The quantitative estimate of drug-likeness (QED) is 0.412. The molecule has 0 saturated carbocycles. The van der Waals surface area contributed by atoms with E-state index in [-0.39, 0.29) is 0 Å². The van der Waals surface area contributed by atoms with Gasteiger partial charge in [0.1, 0.15) is 5.01 Å². The van der Waals surface area contributed by atoms with Crippen molar-refractivity contribution in [3.8, 4) is 0 Å². The van der Waals surface area contributed by atoms with Gasteiger partial charge in [-0.3, -0.25) is 4.99 Å². The fourth-order valence-electron chi connectivity index (χ4n) is 1.54. The molecule has 7 heteroatoms. The van der Waals surface area contributed by atoms with Crippen molar-refractivity contribution < 1.29 is 9.47 Å². The maximum absolute atomic E-state index is 5.38. The lowest BCUT2D eigenvalue weighted by Crippen LogP contribution is -2.38. The fourth-order valence-corrected chi connectivity index (χ4v) is 2.43. The van der Waals surface area contributed by atoms with Crippen LogP contribution in [0.25, 0.3) is 0 Å². The summed E-state index contributed by atoms with van der Waals surface area (Å²) in [6, 6.07) is 0. The van der Waals surface area contributed by atoms with Crippen LogP contribution in [0.2, 0.25) is 0 Å². The fraction of sp³-hybridized carbons (Fsp3) is 0.714. The van der Waals surface area contributed by atoms with Crippen molar-refractivity contribution in [2.45, 2.75) is 26.3 Å². The number of thiazole rings is 1. The van der Waals surface area contributed by atoms with Gasteiger partial charge in [-0.15, -0.1) is 11.3 Å². The summed E-state index contributed by atoms with van der Waals surface area (Å²) in [5.41, 5.74) is 1.14. The standard InChI is InChI=1S/C14H26N4O2S/c1-11(2)12-10-21-13(18-12)9-17-14(15-3)16-5-6-20-8-7-19-4/h10-11H,5-9H2,1-4H3,(H2,15,16,17). The zero-order valence-electron chi connectivity index (χ0n) is 13.3. The predicted molar refractivity (Wildman–Crippen MR) is 87.1 cm³/mol. The normalized spacial score (nSPS) is 12.0. The van der Waals surface area contributed by atoms with E-state index in [1.807, 2.05) is 0 Å². The summed E-state index contributed by atoms with van der Waals surface area (Å²) in [5, 5.41) is 9.62. The van der Waals surface area contributed by atoms with E-state index in [0.29, 0.717) is 38.8 Å². The molecule has 0 radical (unpaired) electrons. The van der Waals surface area contributed by atoms with Crippen molar-refractivity contribution in [3.05, 3.63) is 16.1 Å². The highest BCUT2D eigenvalue weighted by molar-refractivity contribution is 7.09. The third-order valence-electron chi connectivity index (χ3n) is 2.76. The molecule has 6 nitrogen and oxygen atoms in total. The van der Waals surface area contributed by atoms with Gasteiger partial charge in [-0.25, -0.2) is 4.98 Å². The molecule has 0 saturated heterocycles. The first-order valence-corrected chi connectivity index (χ1v) is 8.00. The molecule has 0 aliphatic carbocycles. The van der Waals surface area contributed by atoms with Crippen LogP contribution in [0.4, 0.5) is 0 Å². The predicted octanol–water partition coefficient (Wildman–Crippen LogP) is 1.59. The first-order chi connectivity index (χ1) is 10.2. The second kappa shape index (κ2) is 10.5. The number of aliphatic imine (C=N–C) groups is 1. The van der Waals surface area contributed by atoms with Crippen LogP contribution < -0.4 is 10.6 Å². The Morgan fingerprint density at radius 1 is 1.33 bits per heavy atom. The van der Waals surface area contributed by atoms with Crippen LogP contribution in [0.1, 0.15) is 30.5 Å². The first-order valence-electron chi connectivity index (χ1n) is 7.12. The molecule has 0 spiro atoms.